The molecule has 0 aliphatic rings. The van der Waals surface area contributed by atoms with Crippen LogP contribution in [0.15, 0.2) is 0 Å². The Labute approximate surface area is 142 Å². The summed E-state index contributed by atoms with van der Waals surface area (Å²) in [6, 6.07) is 0. The van der Waals surface area contributed by atoms with Crippen LogP contribution in [0.4, 0.5) is 0 Å². The first kappa shape index (κ1) is 22.3. The molecule has 132 valence electrons. The maximum Gasteiger partial charge on any atom is 0.325 e. The maximum absolute atomic E-state index is 10.7. The van der Waals surface area contributed by atoms with Crippen molar-refractivity contribution in [3.63, 3.8) is 0 Å². The first-order valence-corrected chi connectivity index (χ1v) is 10.9. The first-order valence-electron chi connectivity index (χ1n) is 9.06. The summed E-state index contributed by atoms with van der Waals surface area (Å²) in [6.45, 7) is 2.21. The van der Waals surface area contributed by atoms with E-state index in [4.69, 9.17) is 9.79 Å². The molecular formula is C19H33O3P. The highest BCUT2D eigenvalue weighted by Gasteiger charge is 2.10. The van der Waals surface area contributed by atoms with Crippen molar-refractivity contribution in [2.45, 2.75) is 90.4 Å². The van der Waals surface area contributed by atoms with Crippen molar-refractivity contribution in [2.75, 3.05) is 6.16 Å². The average Bonchev–Trinajstić information content (AvgIpc) is 2.49. The van der Waals surface area contributed by atoms with Gasteiger partial charge in [0.05, 0.1) is 0 Å². The van der Waals surface area contributed by atoms with E-state index in [0.717, 1.165) is 38.5 Å². The third-order valence-electron chi connectivity index (χ3n) is 3.65. The van der Waals surface area contributed by atoms with Crippen molar-refractivity contribution < 1.29 is 14.4 Å². The lowest BCUT2D eigenvalue weighted by Crippen LogP contribution is -1.88. The smallest absolute Gasteiger partial charge is 0.324 e. The third-order valence-corrected chi connectivity index (χ3v) is 4.54. The summed E-state index contributed by atoms with van der Waals surface area (Å²) in [6.07, 6.45) is 14.2. The molecule has 0 heterocycles. The normalized spacial score (nSPS) is 10.6. The SMILES string of the molecule is CCCCCCC#CC#CCCCCCCCCCP(=O)(O)O. The number of hydrogen-bond donors (Lipinski definition) is 2. The van der Waals surface area contributed by atoms with Crippen LogP contribution in [0.3, 0.4) is 0 Å². The van der Waals surface area contributed by atoms with Gasteiger partial charge < -0.3 is 9.79 Å². The molecule has 0 aromatic carbocycles. The molecule has 2 N–H and O–H groups in total. The quantitative estimate of drug-likeness (QED) is 0.273. The monoisotopic (exact) mass is 340 g/mol. The molecule has 0 aliphatic heterocycles. The highest BCUT2D eigenvalue weighted by atomic mass is 31.2. The van der Waals surface area contributed by atoms with Gasteiger partial charge in [-0.05, 0) is 31.1 Å². The fraction of sp³-hybridized carbons (Fsp3) is 0.789. The van der Waals surface area contributed by atoms with E-state index in [1.807, 2.05) is 0 Å². The van der Waals surface area contributed by atoms with Crippen LogP contribution in [-0.2, 0) is 4.57 Å². The van der Waals surface area contributed by atoms with Crippen LogP contribution in [0.25, 0.3) is 0 Å². The molecular weight excluding hydrogens is 307 g/mol. The number of rotatable bonds is 13. The molecule has 0 aliphatic carbocycles. The molecule has 0 bridgehead atoms. The molecule has 0 saturated heterocycles. The van der Waals surface area contributed by atoms with E-state index in [1.165, 1.54) is 38.5 Å². The fourth-order valence-corrected chi connectivity index (χ4v) is 2.90. The summed E-state index contributed by atoms with van der Waals surface area (Å²) in [4.78, 5) is 17.5. The fourth-order valence-electron chi connectivity index (χ4n) is 2.27. The van der Waals surface area contributed by atoms with Gasteiger partial charge >= 0.3 is 7.60 Å². The van der Waals surface area contributed by atoms with Crippen molar-refractivity contribution in [3.8, 4) is 23.7 Å². The minimum Gasteiger partial charge on any atom is -0.324 e. The Bertz CT molecular complexity index is 431. The van der Waals surface area contributed by atoms with Crippen LogP contribution < -0.4 is 0 Å². The Morgan fingerprint density at radius 1 is 0.696 bits per heavy atom. The Morgan fingerprint density at radius 2 is 1.13 bits per heavy atom. The molecule has 0 atom stereocenters. The molecule has 0 aromatic rings. The Morgan fingerprint density at radius 3 is 1.61 bits per heavy atom. The van der Waals surface area contributed by atoms with Gasteiger partial charge in [-0.15, -0.1) is 0 Å². The van der Waals surface area contributed by atoms with Gasteiger partial charge in [0.25, 0.3) is 0 Å². The maximum atomic E-state index is 10.7. The number of unbranched alkanes of at least 4 members (excludes halogenated alkanes) is 11. The highest BCUT2D eigenvalue weighted by molar-refractivity contribution is 7.51. The van der Waals surface area contributed by atoms with Gasteiger partial charge in [0, 0.05) is 19.0 Å². The highest BCUT2D eigenvalue weighted by Crippen LogP contribution is 2.35. The molecule has 0 saturated carbocycles. The van der Waals surface area contributed by atoms with Gasteiger partial charge in [0.2, 0.25) is 0 Å². The molecule has 0 unspecified atom stereocenters. The zero-order chi connectivity index (χ0) is 17.2. The van der Waals surface area contributed by atoms with Gasteiger partial charge in [-0.1, -0.05) is 70.1 Å². The third kappa shape index (κ3) is 21.3. The first-order chi connectivity index (χ1) is 11.1. The summed E-state index contributed by atoms with van der Waals surface area (Å²) in [7, 11) is -3.78. The van der Waals surface area contributed by atoms with Crippen LogP contribution in [0.1, 0.15) is 90.4 Å². The molecule has 0 fully saturated rings. The molecule has 0 amide bonds. The van der Waals surface area contributed by atoms with Crippen LogP contribution in [0.2, 0.25) is 0 Å². The van der Waals surface area contributed by atoms with E-state index in [0.29, 0.717) is 6.42 Å². The summed E-state index contributed by atoms with van der Waals surface area (Å²) < 4.78 is 10.7. The predicted molar refractivity (Wildman–Crippen MR) is 98.2 cm³/mol. The van der Waals surface area contributed by atoms with Crippen LogP contribution in [0.5, 0.6) is 0 Å². The van der Waals surface area contributed by atoms with Crippen molar-refractivity contribution >= 4 is 7.60 Å². The largest absolute Gasteiger partial charge is 0.325 e. The lowest BCUT2D eigenvalue weighted by atomic mass is 10.1. The van der Waals surface area contributed by atoms with E-state index in [2.05, 4.69) is 30.6 Å². The second-order valence-corrected chi connectivity index (χ2v) is 7.80. The van der Waals surface area contributed by atoms with Crippen LogP contribution in [-0.4, -0.2) is 15.9 Å². The van der Waals surface area contributed by atoms with Crippen molar-refractivity contribution in [1.82, 2.24) is 0 Å². The summed E-state index contributed by atoms with van der Waals surface area (Å²) in [5, 5.41) is 0. The standard InChI is InChI=1S/C19H33O3P/c1-2-3-4-5-6-7-8-9-10-11-12-13-14-15-16-17-18-19-23(20,21)22/h2-6,11-19H2,1H3,(H2,20,21,22). The molecule has 0 aromatic heterocycles. The summed E-state index contributed by atoms with van der Waals surface area (Å²) in [5.74, 6) is 12.1. The molecule has 4 heteroatoms. The van der Waals surface area contributed by atoms with Crippen molar-refractivity contribution in [1.29, 1.82) is 0 Å². The second kappa shape index (κ2) is 16.1. The van der Waals surface area contributed by atoms with Crippen LogP contribution >= 0.6 is 7.60 Å². The molecule has 23 heavy (non-hydrogen) atoms. The van der Waals surface area contributed by atoms with Gasteiger partial charge in [0.1, 0.15) is 0 Å². The lowest BCUT2D eigenvalue weighted by Gasteiger charge is -2.03. The molecule has 0 radical (unpaired) electrons. The van der Waals surface area contributed by atoms with Gasteiger partial charge in [-0.2, -0.15) is 0 Å². The van der Waals surface area contributed by atoms with Gasteiger partial charge in [-0.25, -0.2) is 0 Å². The average molecular weight is 340 g/mol. The van der Waals surface area contributed by atoms with Gasteiger partial charge in [0.15, 0.2) is 0 Å². The molecule has 0 spiro atoms. The van der Waals surface area contributed by atoms with Gasteiger partial charge in [-0.3, -0.25) is 4.57 Å². The summed E-state index contributed by atoms with van der Waals surface area (Å²) in [5.41, 5.74) is 0. The molecule has 0 rings (SSSR count). The zero-order valence-electron chi connectivity index (χ0n) is 14.6. The Hall–Kier alpha value is -0.730. The minimum atomic E-state index is -3.78. The zero-order valence-corrected chi connectivity index (χ0v) is 15.5. The van der Waals surface area contributed by atoms with E-state index in [1.54, 1.807) is 0 Å². The summed E-state index contributed by atoms with van der Waals surface area (Å²) >= 11 is 0. The Kier molecular flexibility index (Phi) is 15.6. The lowest BCUT2D eigenvalue weighted by molar-refractivity contribution is 0.370. The topological polar surface area (TPSA) is 57.5 Å². The second-order valence-electron chi connectivity index (χ2n) is 6.03. The van der Waals surface area contributed by atoms with Crippen LogP contribution in [0, 0.1) is 23.7 Å². The predicted octanol–water partition coefficient (Wildman–Crippen LogP) is 5.26. The van der Waals surface area contributed by atoms with Crippen molar-refractivity contribution in [3.05, 3.63) is 0 Å². The molecule has 3 nitrogen and oxygen atoms in total. The van der Waals surface area contributed by atoms with E-state index in [9.17, 15) is 4.57 Å². The minimum absolute atomic E-state index is 0.0300. The van der Waals surface area contributed by atoms with E-state index < -0.39 is 7.60 Å². The van der Waals surface area contributed by atoms with E-state index >= 15 is 0 Å². The number of hydrogen-bond acceptors (Lipinski definition) is 1. The van der Waals surface area contributed by atoms with Crippen molar-refractivity contribution in [2.24, 2.45) is 0 Å². The van der Waals surface area contributed by atoms with E-state index in [-0.39, 0.29) is 6.16 Å². The Balaban J connectivity index is 3.29.